The quantitative estimate of drug-likeness (QED) is 0.714. The Bertz CT molecular complexity index is 772. The van der Waals surface area contributed by atoms with Gasteiger partial charge in [-0.15, -0.1) is 0 Å². The van der Waals surface area contributed by atoms with Crippen molar-refractivity contribution >= 4 is 15.7 Å². The molecular weight excluding hydrogens is 328 g/mol. The van der Waals surface area contributed by atoms with Crippen LogP contribution in [0.3, 0.4) is 0 Å². The highest BCUT2D eigenvalue weighted by Gasteiger charge is 2.14. The Morgan fingerprint density at radius 1 is 1.25 bits per heavy atom. The van der Waals surface area contributed by atoms with Gasteiger partial charge in [-0.2, -0.15) is 5.10 Å². The third-order valence-electron chi connectivity index (χ3n) is 3.55. The van der Waals surface area contributed by atoms with Crippen LogP contribution in [0.25, 0.3) is 5.69 Å². The van der Waals surface area contributed by atoms with E-state index in [1.165, 1.54) is 0 Å². The minimum atomic E-state index is -3.27. The first-order valence-electron chi connectivity index (χ1n) is 7.62. The van der Waals surface area contributed by atoms with E-state index >= 15 is 0 Å². The zero-order valence-electron chi connectivity index (χ0n) is 13.6. The Kier molecular flexibility index (Phi) is 6.10. The standard InChI is InChI=1S/C16H22N4O3S/c1-19(8-10-24(22,23)9-7-16(17)21)12-14-11-18-20(13-14)15-5-3-2-4-6-15/h2-6,11,13H,7-10,12H2,1H3,(H2,17,21). The number of nitrogens with zero attached hydrogens (tertiary/aromatic N) is 3. The average molecular weight is 350 g/mol. The van der Waals surface area contributed by atoms with Gasteiger partial charge in [-0.25, -0.2) is 13.1 Å². The van der Waals surface area contributed by atoms with Crippen molar-refractivity contribution in [3.05, 3.63) is 48.3 Å². The summed E-state index contributed by atoms with van der Waals surface area (Å²) >= 11 is 0. The summed E-state index contributed by atoms with van der Waals surface area (Å²) in [5, 5.41) is 4.32. The maximum absolute atomic E-state index is 11.8. The lowest BCUT2D eigenvalue weighted by Crippen LogP contribution is -2.27. The minimum absolute atomic E-state index is 0.00357. The van der Waals surface area contributed by atoms with E-state index in [0.29, 0.717) is 13.1 Å². The maximum Gasteiger partial charge on any atom is 0.218 e. The molecule has 2 N–H and O–H groups in total. The van der Waals surface area contributed by atoms with Gasteiger partial charge in [0, 0.05) is 31.3 Å². The lowest BCUT2D eigenvalue weighted by Gasteiger charge is -2.15. The summed E-state index contributed by atoms with van der Waals surface area (Å²) in [6, 6.07) is 9.76. The lowest BCUT2D eigenvalue weighted by atomic mass is 10.3. The summed E-state index contributed by atoms with van der Waals surface area (Å²) in [7, 11) is -1.41. The van der Waals surface area contributed by atoms with Crippen molar-refractivity contribution in [2.75, 3.05) is 25.1 Å². The lowest BCUT2D eigenvalue weighted by molar-refractivity contribution is -0.117. The predicted octanol–water partition coefficient (Wildman–Crippen LogP) is 0.594. The fourth-order valence-electron chi connectivity index (χ4n) is 2.21. The number of aromatic nitrogens is 2. The number of para-hydroxylation sites is 1. The van der Waals surface area contributed by atoms with Gasteiger partial charge in [0.25, 0.3) is 0 Å². The van der Waals surface area contributed by atoms with Gasteiger partial charge in [0.1, 0.15) is 0 Å². The molecule has 1 aromatic heterocycles. The Hall–Kier alpha value is -2.19. The molecule has 0 saturated heterocycles. The zero-order chi connectivity index (χ0) is 17.6. The van der Waals surface area contributed by atoms with E-state index in [1.807, 2.05) is 48.5 Å². The minimum Gasteiger partial charge on any atom is -0.370 e. The van der Waals surface area contributed by atoms with Gasteiger partial charge in [0.2, 0.25) is 5.91 Å². The second-order valence-corrected chi connectivity index (χ2v) is 8.04. The fraction of sp³-hybridized carbons (Fsp3) is 0.375. The van der Waals surface area contributed by atoms with E-state index < -0.39 is 15.7 Å². The molecule has 0 atom stereocenters. The van der Waals surface area contributed by atoms with Crippen molar-refractivity contribution in [2.45, 2.75) is 13.0 Å². The van der Waals surface area contributed by atoms with Crippen LogP contribution < -0.4 is 5.73 Å². The van der Waals surface area contributed by atoms with Crippen LogP contribution in [0.15, 0.2) is 42.7 Å². The Morgan fingerprint density at radius 3 is 2.62 bits per heavy atom. The highest BCUT2D eigenvalue weighted by Crippen LogP contribution is 2.09. The molecule has 0 fully saturated rings. The topological polar surface area (TPSA) is 98.3 Å². The van der Waals surface area contributed by atoms with Crippen molar-refractivity contribution in [3.8, 4) is 5.69 Å². The fourth-order valence-corrected chi connectivity index (χ4v) is 3.51. The number of sulfone groups is 1. The number of carbonyl (C=O) groups excluding carboxylic acids is 1. The van der Waals surface area contributed by atoms with E-state index in [0.717, 1.165) is 11.3 Å². The number of primary amides is 1. The van der Waals surface area contributed by atoms with Crippen LogP contribution in [0, 0.1) is 0 Å². The normalized spacial score (nSPS) is 11.8. The second-order valence-electron chi connectivity index (χ2n) is 5.73. The molecular formula is C16H22N4O3S. The molecule has 8 heteroatoms. The SMILES string of the molecule is CN(CCS(=O)(=O)CCC(N)=O)Cc1cnn(-c2ccccc2)c1. The number of amides is 1. The molecule has 0 aliphatic rings. The van der Waals surface area contributed by atoms with E-state index in [4.69, 9.17) is 5.73 Å². The summed E-state index contributed by atoms with van der Waals surface area (Å²) in [6.45, 7) is 0.982. The van der Waals surface area contributed by atoms with Crippen LogP contribution in [-0.4, -0.2) is 54.1 Å². The van der Waals surface area contributed by atoms with E-state index in [1.54, 1.807) is 10.9 Å². The first-order valence-corrected chi connectivity index (χ1v) is 9.44. The highest BCUT2D eigenvalue weighted by atomic mass is 32.2. The van der Waals surface area contributed by atoms with Gasteiger partial charge >= 0.3 is 0 Å². The van der Waals surface area contributed by atoms with Gasteiger partial charge in [0.05, 0.1) is 23.4 Å². The van der Waals surface area contributed by atoms with E-state index in [9.17, 15) is 13.2 Å². The molecule has 130 valence electrons. The van der Waals surface area contributed by atoms with Crippen LogP contribution in [0.5, 0.6) is 0 Å². The van der Waals surface area contributed by atoms with Gasteiger partial charge in [-0.3, -0.25) is 4.79 Å². The third kappa shape index (κ3) is 5.78. The molecule has 0 bridgehead atoms. The number of carbonyl (C=O) groups is 1. The number of benzene rings is 1. The van der Waals surface area contributed by atoms with Crippen LogP contribution in [0.4, 0.5) is 0 Å². The zero-order valence-corrected chi connectivity index (χ0v) is 14.4. The van der Waals surface area contributed by atoms with Gasteiger partial charge < -0.3 is 10.6 Å². The highest BCUT2D eigenvalue weighted by molar-refractivity contribution is 7.91. The first kappa shape index (κ1) is 18.2. The first-order chi connectivity index (χ1) is 11.4. The van der Waals surface area contributed by atoms with Crippen LogP contribution >= 0.6 is 0 Å². The average Bonchev–Trinajstić information content (AvgIpc) is 3.01. The number of rotatable bonds is 9. The van der Waals surface area contributed by atoms with Crippen molar-refractivity contribution < 1.29 is 13.2 Å². The molecule has 1 heterocycles. The molecule has 0 radical (unpaired) electrons. The summed E-state index contributed by atoms with van der Waals surface area (Å²) in [5.41, 5.74) is 6.95. The van der Waals surface area contributed by atoms with Crippen molar-refractivity contribution in [2.24, 2.45) is 5.73 Å². The Balaban J connectivity index is 1.86. The molecule has 2 rings (SSSR count). The van der Waals surface area contributed by atoms with Crippen LogP contribution in [-0.2, 0) is 21.2 Å². The molecule has 0 spiro atoms. The van der Waals surface area contributed by atoms with Crippen molar-refractivity contribution in [1.29, 1.82) is 0 Å². The van der Waals surface area contributed by atoms with Crippen LogP contribution in [0.2, 0.25) is 0 Å². The van der Waals surface area contributed by atoms with Gasteiger partial charge in [0.15, 0.2) is 9.84 Å². The number of nitrogens with two attached hydrogens (primary N) is 1. The summed E-state index contributed by atoms with van der Waals surface area (Å²) in [5.74, 6) is -0.786. The number of hydrogen-bond donors (Lipinski definition) is 1. The molecule has 2 aromatic rings. The molecule has 1 aromatic carbocycles. The van der Waals surface area contributed by atoms with Crippen LogP contribution in [0.1, 0.15) is 12.0 Å². The molecule has 24 heavy (non-hydrogen) atoms. The molecule has 0 saturated carbocycles. The Morgan fingerprint density at radius 2 is 1.96 bits per heavy atom. The second kappa shape index (κ2) is 8.07. The predicted molar refractivity (Wildman–Crippen MR) is 92.4 cm³/mol. The molecule has 0 unspecified atom stereocenters. The molecule has 7 nitrogen and oxygen atoms in total. The van der Waals surface area contributed by atoms with Gasteiger partial charge in [-0.05, 0) is 19.2 Å². The molecule has 0 aliphatic heterocycles. The molecule has 1 amide bonds. The van der Waals surface area contributed by atoms with Gasteiger partial charge in [-0.1, -0.05) is 18.2 Å². The number of hydrogen-bond acceptors (Lipinski definition) is 5. The summed E-state index contributed by atoms with van der Waals surface area (Å²) < 4.78 is 25.4. The van der Waals surface area contributed by atoms with Crippen molar-refractivity contribution in [3.63, 3.8) is 0 Å². The van der Waals surface area contributed by atoms with Crippen molar-refractivity contribution in [1.82, 2.24) is 14.7 Å². The van der Waals surface area contributed by atoms with E-state index in [2.05, 4.69) is 5.10 Å². The maximum atomic E-state index is 11.8. The summed E-state index contributed by atoms with van der Waals surface area (Å²) in [4.78, 5) is 12.6. The monoisotopic (exact) mass is 350 g/mol. The summed E-state index contributed by atoms with van der Waals surface area (Å²) in [6.07, 6.45) is 3.56. The Labute approximate surface area is 142 Å². The molecule has 0 aliphatic carbocycles. The third-order valence-corrected chi connectivity index (χ3v) is 5.18. The largest absolute Gasteiger partial charge is 0.370 e. The smallest absolute Gasteiger partial charge is 0.218 e. The van der Waals surface area contributed by atoms with E-state index in [-0.39, 0.29) is 17.9 Å².